The molecule has 0 fully saturated rings. The molecule has 0 N–H and O–H groups in total. The highest BCUT2D eigenvalue weighted by Crippen LogP contribution is 2.46. The molecule has 0 saturated heterocycles. The van der Waals surface area contributed by atoms with Gasteiger partial charge >= 0.3 is 5.54 Å². The Morgan fingerprint density at radius 1 is 0.750 bits per heavy atom. The van der Waals surface area contributed by atoms with Crippen LogP contribution >= 0.6 is 11.6 Å². The van der Waals surface area contributed by atoms with Crippen LogP contribution in [0, 0.1) is 10.1 Å². The molecule has 1 aliphatic rings. The van der Waals surface area contributed by atoms with E-state index in [1.54, 1.807) is 66.7 Å². The molecule has 5 nitrogen and oxygen atoms in total. The number of nitrogens with zero attached hydrogens (tertiary/aromatic N) is 1. The highest BCUT2D eigenvalue weighted by atomic mass is 35.5. The third-order valence-electron chi connectivity index (χ3n) is 5.15. The first-order valence-electron chi connectivity index (χ1n) is 8.61. The second kappa shape index (κ2) is 6.69. The minimum Gasteiger partial charge on any atom is -0.285 e. The van der Waals surface area contributed by atoms with E-state index in [2.05, 4.69) is 0 Å². The lowest BCUT2D eigenvalue weighted by Gasteiger charge is -2.28. The molecule has 0 aliphatic heterocycles. The first-order valence-corrected chi connectivity index (χ1v) is 8.99. The van der Waals surface area contributed by atoms with Crippen molar-refractivity contribution < 1.29 is 14.5 Å². The van der Waals surface area contributed by atoms with E-state index in [0.717, 1.165) is 0 Å². The average Bonchev–Trinajstić information content (AvgIpc) is 2.94. The summed E-state index contributed by atoms with van der Waals surface area (Å²) >= 11 is 5.98. The molecule has 4 rings (SSSR count). The van der Waals surface area contributed by atoms with Crippen molar-refractivity contribution in [2.45, 2.75) is 11.5 Å². The van der Waals surface area contributed by atoms with Crippen molar-refractivity contribution in [2.75, 3.05) is 0 Å². The maximum absolute atomic E-state index is 13.3. The number of ketones is 2. The average molecular weight is 392 g/mol. The van der Waals surface area contributed by atoms with Gasteiger partial charge in [-0.3, -0.25) is 19.7 Å². The zero-order valence-corrected chi connectivity index (χ0v) is 15.3. The maximum Gasteiger partial charge on any atom is 0.355 e. The summed E-state index contributed by atoms with van der Waals surface area (Å²) in [6.07, 6.45) is 0. The van der Waals surface area contributed by atoms with Crippen LogP contribution in [0.25, 0.3) is 0 Å². The van der Waals surface area contributed by atoms with Crippen molar-refractivity contribution in [3.05, 3.63) is 116 Å². The van der Waals surface area contributed by atoms with Gasteiger partial charge in [0.25, 0.3) is 0 Å². The van der Waals surface area contributed by atoms with E-state index in [9.17, 15) is 19.7 Å². The fraction of sp³-hybridized carbons (Fsp3) is 0.0909. The topological polar surface area (TPSA) is 77.3 Å². The summed E-state index contributed by atoms with van der Waals surface area (Å²) in [6.45, 7) is 0. The molecule has 0 aromatic heterocycles. The predicted molar refractivity (Wildman–Crippen MR) is 105 cm³/mol. The standard InChI is InChI=1S/C22H14ClNO4/c23-16-12-10-15(11-13-16)19(14-6-2-1-3-7-14)22(24(27)28)20(25)17-8-4-5-9-18(17)21(22)26/h1-13,19H/t19-/m1/s1. The van der Waals surface area contributed by atoms with Crippen LogP contribution in [-0.4, -0.2) is 22.0 Å². The zero-order chi connectivity index (χ0) is 19.9. The number of nitro groups is 1. The summed E-state index contributed by atoms with van der Waals surface area (Å²) in [6, 6.07) is 21.1. The van der Waals surface area contributed by atoms with Crippen LogP contribution in [0.5, 0.6) is 0 Å². The lowest BCUT2D eigenvalue weighted by atomic mass is 9.72. The monoisotopic (exact) mass is 391 g/mol. The molecule has 0 amide bonds. The molecule has 3 aromatic rings. The van der Waals surface area contributed by atoms with Crippen LogP contribution in [0.4, 0.5) is 0 Å². The number of benzene rings is 3. The van der Waals surface area contributed by atoms with Crippen LogP contribution in [0.3, 0.4) is 0 Å². The summed E-state index contributed by atoms with van der Waals surface area (Å²) < 4.78 is 0. The largest absolute Gasteiger partial charge is 0.355 e. The number of hydrogen-bond donors (Lipinski definition) is 0. The van der Waals surface area contributed by atoms with Crippen molar-refractivity contribution in [3.63, 3.8) is 0 Å². The van der Waals surface area contributed by atoms with Crippen LogP contribution in [0.2, 0.25) is 5.02 Å². The fourth-order valence-corrected chi connectivity index (χ4v) is 4.03. The Morgan fingerprint density at radius 2 is 1.21 bits per heavy atom. The van der Waals surface area contributed by atoms with Gasteiger partial charge in [0.15, 0.2) is 0 Å². The highest BCUT2D eigenvalue weighted by Gasteiger charge is 2.68. The number of hydrogen-bond acceptors (Lipinski definition) is 4. The number of fused-ring (bicyclic) bond motifs is 1. The molecular weight excluding hydrogens is 378 g/mol. The van der Waals surface area contributed by atoms with E-state index in [-0.39, 0.29) is 11.1 Å². The molecule has 0 spiro atoms. The molecule has 138 valence electrons. The van der Waals surface area contributed by atoms with Crippen molar-refractivity contribution in [3.8, 4) is 0 Å². The van der Waals surface area contributed by atoms with Gasteiger partial charge in [-0.05, 0) is 23.3 Å². The first-order chi connectivity index (χ1) is 13.5. The van der Waals surface area contributed by atoms with Crippen molar-refractivity contribution >= 4 is 23.2 Å². The molecule has 1 atom stereocenters. The molecule has 0 unspecified atom stereocenters. The smallest absolute Gasteiger partial charge is 0.285 e. The van der Waals surface area contributed by atoms with Gasteiger partial charge in [-0.15, -0.1) is 0 Å². The lowest BCUT2D eigenvalue weighted by Crippen LogP contribution is -2.54. The summed E-state index contributed by atoms with van der Waals surface area (Å²) in [4.78, 5) is 38.3. The number of carbonyl (C=O) groups excluding carboxylic acids is 2. The summed E-state index contributed by atoms with van der Waals surface area (Å²) in [7, 11) is 0. The predicted octanol–water partition coefficient (Wildman–Crippen LogP) is 4.57. The first kappa shape index (κ1) is 18.1. The highest BCUT2D eigenvalue weighted by molar-refractivity contribution is 6.33. The molecule has 0 heterocycles. The van der Waals surface area contributed by atoms with Crippen LogP contribution < -0.4 is 0 Å². The quantitative estimate of drug-likeness (QED) is 0.371. The molecule has 0 radical (unpaired) electrons. The Bertz CT molecular complexity index is 1060. The van der Waals surface area contributed by atoms with Crippen molar-refractivity contribution in [1.82, 2.24) is 0 Å². The molecule has 28 heavy (non-hydrogen) atoms. The maximum atomic E-state index is 13.3. The van der Waals surface area contributed by atoms with Crippen LogP contribution in [0.15, 0.2) is 78.9 Å². The third-order valence-corrected chi connectivity index (χ3v) is 5.40. The summed E-state index contributed by atoms with van der Waals surface area (Å²) in [5, 5.41) is 12.9. The zero-order valence-electron chi connectivity index (χ0n) is 14.5. The lowest BCUT2D eigenvalue weighted by molar-refractivity contribution is -0.532. The second-order valence-corrected chi connectivity index (χ2v) is 7.06. The second-order valence-electron chi connectivity index (χ2n) is 6.62. The Kier molecular flexibility index (Phi) is 4.32. The van der Waals surface area contributed by atoms with E-state index in [4.69, 9.17) is 11.6 Å². The van der Waals surface area contributed by atoms with Gasteiger partial charge < -0.3 is 0 Å². The Morgan fingerprint density at radius 3 is 1.71 bits per heavy atom. The summed E-state index contributed by atoms with van der Waals surface area (Å²) in [5.74, 6) is -2.67. The molecule has 0 bridgehead atoms. The SMILES string of the molecule is O=C1c2ccccc2C(=O)C1([C@H](c1ccccc1)c1ccc(Cl)cc1)[N+](=O)[O-]. The van der Waals surface area contributed by atoms with Gasteiger partial charge in [0.2, 0.25) is 11.6 Å². The van der Waals surface area contributed by atoms with Crippen molar-refractivity contribution in [1.29, 1.82) is 0 Å². The van der Waals surface area contributed by atoms with Gasteiger partial charge in [-0.2, -0.15) is 0 Å². The number of halogens is 1. The van der Waals surface area contributed by atoms with E-state index in [0.29, 0.717) is 16.1 Å². The van der Waals surface area contributed by atoms with Gasteiger partial charge in [0.1, 0.15) is 0 Å². The van der Waals surface area contributed by atoms with E-state index < -0.39 is 27.9 Å². The number of carbonyl (C=O) groups is 2. The van der Waals surface area contributed by atoms with E-state index >= 15 is 0 Å². The van der Waals surface area contributed by atoms with Gasteiger partial charge in [-0.25, -0.2) is 0 Å². The fourth-order valence-electron chi connectivity index (χ4n) is 3.90. The summed E-state index contributed by atoms with van der Waals surface area (Å²) in [5.41, 5.74) is -1.31. The molecule has 6 heteroatoms. The molecule has 3 aromatic carbocycles. The normalized spacial score (nSPS) is 15.9. The number of Topliss-reactive ketones (excluding diaryl/α,β-unsaturated/α-hetero) is 2. The minimum atomic E-state index is -2.46. The number of rotatable bonds is 4. The third kappa shape index (κ3) is 2.47. The van der Waals surface area contributed by atoms with Crippen molar-refractivity contribution in [2.24, 2.45) is 0 Å². The van der Waals surface area contributed by atoms with Gasteiger partial charge in [0, 0.05) is 21.1 Å². The minimum absolute atomic E-state index is 0.0825. The van der Waals surface area contributed by atoms with E-state index in [1.807, 2.05) is 0 Å². The van der Waals surface area contributed by atoms with Gasteiger partial charge in [0.05, 0.1) is 5.92 Å². The van der Waals surface area contributed by atoms with Crippen LogP contribution in [-0.2, 0) is 0 Å². The molecule has 1 aliphatic carbocycles. The molecule has 0 saturated carbocycles. The Hall–Kier alpha value is -3.31. The molecular formula is C22H14ClNO4. The Labute approximate surface area is 165 Å². The Balaban J connectivity index is 2.03. The van der Waals surface area contributed by atoms with E-state index in [1.165, 1.54) is 12.1 Å². The van der Waals surface area contributed by atoms with Crippen LogP contribution in [0.1, 0.15) is 37.8 Å². The van der Waals surface area contributed by atoms with Gasteiger partial charge in [-0.1, -0.05) is 78.3 Å².